The van der Waals surface area contributed by atoms with Crippen molar-refractivity contribution in [2.45, 2.75) is 6.54 Å². The van der Waals surface area contributed by atoms with Crippen LogP contribution >= 0.6 is 0 Å². The molecule has 33 heavy (non-hydrogen) atoms. The molecule has 0 N–H and O–H groups in total. The zero-order valence-corrected chi connectivity index (χ0v) is 17.6. The van der Waals surface area contributed by atoms with E-state index in [1.54, 1.807) is 41.9 Å². The molecule has 2 aromatic heterocycles. The van der Waals surface area contributed by atoms with Gasteiger partial charge in [-0.3, -0.25) is 24.3 Å². The number of benzene rings is 3. The average Bonchev–Trinajstić information content (AvgIpc) is 2.84. The Morgan fingerprint density at radius 1 is 0.909 bits per heavy atom. The first-order valence-corrected chi connectivity index (χ1v) is 10.3. The number of non-ortho nitro benzene ring substituents is 1. The lowest BCUT2D eigenvalue weighted by Crippen LogP contribution is -2.29. The van der Waals surface area contributed by atoms with Gasteiger partial charge in [0.05, 0.1) is 17.0 Å². The van der Waals surface area contributed by atoms with Crippen LogP contribution in [0.25, 0.3) is 33.3 Å². The van der Waals surface area contributed by atoms with Gasteiger partial charge in [0.15, 0.2) is 5.65 Å². The molecule has 0 bridgehead atoms. The van der Waals surface area contributed by atoms with Crippen LogP contribution in [0.5, 0.6) is 0 Å². The molecule has 162 valence electrons. The number of hydrogen-bond donors (Lipinski definition) is 0. The van der Waals surface area contributed by atoms with Crippen LogP contribution in [0.4, 0.5) is 5.69 Å². The molecule has 8 heteroatoms. The van der Waals surface area contributed by atoms with Gasteiger partial charge in [0.25, 0.3) is 11.2 Å². The van der Waals surface area contributed by atoms with Gasteiger partial charge >= 0.3 is 0 Å². The largest absolute Gasteiger partial charge is 0.328 e. The van der Waals surface area contributed by atoms with Crippen LogP contribution in [-0.4, -0.2) is 19.0 Å². The summed E-state index contributed by atoms with van der Waals surface area (Å²) in [5.41, 5.74) is 1.45. The third-order valence-corrected chi connectivity index (χ3v) is 5.72. The summed E-state index contributed by atoms with van der Waals surface area (Å²) in [5, 5.41) is 11.5. The number of rotatable bonds is 4. The molecule has 0 aliphatic carbocycles. The van der Waals surface area contributed by atoms with E-state index in [0.29, 0.717) is 22.3 Å². The van der Waals surface area contributed by atoms with Crippen LogP contribution < -0.4 is 11.0 Å². The van der Waals surface area contributed by atoms with Gasteiger partial charge in [-0.15, -0.1) is 0 Å². The van der Waals surface area contributed by atoms with Crippen LogP contribution in [-0.2, 0) is 13.6 Å². The van der Waals surface area contributed by atoms with Crippen LogP contribution in [0.2, 0.25) is 0 Å². The highest BCUT2D eigenvalue weighted by Gasteiger charge is 2.20. The van der Waals surface area contributed by atoms with Crippen LogP contribution in [0.3, 0.4) is 0 Å². The van der Waals surface area contributed by atoms with E-state index in [-0.39, 0.29) is 28.7 Å². The molecule has 0 unspecified atom stereocenters. The molecule has 8 nitrogen and oxygen atoms in total. The molecular weight excluding hydrogens is 420 g/mol. The zero-order valence-electron chi connectivity index (χ0n) is 17.6. The van der Waals surface area contributed by atoms with Gasteiger partial charge in [-0.1, -0.05) is 42.5 Å². The normalized spacial score (nSPS) is 11.2. The first-order valence-electron chi connectivity index (χ1n) is 10.3. The molecule has 2 heterocycles. The molecule has 0 radical (unpaired) electrons. The Hall–Kier alpha value is -4.59. The first kappa shape index (κ1) is 20.3. The summed E-state index contributed by atoms with van der Waals surface area (Å²) in [5.74, 6) is 0.330. The van der Waals surface area contributed by atoms with Crippen molar-refractivity contribution in [1.82, 2.24) is 14.1 Å². The Labute approximate surface area is 187 Å². The summed E-state index contributed by atoms with van der Waals surface area (Å²) in [6.07, 6.45) is 0. The minimum Gasteiger partial charge on any atom is -0.328 e. The Balaban J connectivity index is 1.87. The lowest BCUT2D eigenvalue weighted by atomic mass is 10.1. The number of nitro groups is 1. The second-order valence-corrected chi connectivity index (χ2v) is 7.72. The number of pyridine rings is 1. The second kappa shape index (κ2) is 7.83. The minimum atomic E-state index is -0.482. The van der Waals surface area contributed by atoms with E-state index in [1.165, 1.54) is 16.7 Å². The molecule has 0 amide bonds. The van der Waals surface area contributed by atoms with Gasteiger partial charge in [-0.05, 0) is 29.8 Å². The molecular formula is C25H18N4O4. The average molecular weight is 438 g/mol. The van der Waals surface area contributed by atoms with Crippen molar-refractivity contribution in [2.75, 3.05) is 0 Å². The van der Waals surface area contributed by atoms with Crippen molar-refractivity contribution < 1.29 is 4.92 Å². The van der Waals surface area contributed by atoms with Crippen molar-refractivity contribution in [2.24, 2.45) is 7.05 Å². The summed E-state index contributed by atoms with van der Waals surface area (Å²) in [7, 11) is 1.76. The van der Waals surface area contributed by atoms with Gasteiger partial charge in [0, 0.05) is 30.1 Å². The van der Waals surface area contributed by atoms with Crippen molar-refractivity contribution in [3.8, 4) is 11.4 Å². The maximum Gasteiger partial charge on any atom is 0.269 e. The molecule has 0 saturated carbocycles. The van der Waals surface area contributed by atoms with Gasteiger partial charge in [-0.2, -0.15) is 0 Å². The lowest BCUT2D eigenvalue weighted by molar-refractivity contribution is -0.384. The number of aromatic nitrogens is 3. The Morgan fingerprint density at radius 2 is 1.58 bits per heavy atom. The standard InChI is InChI=1S/C25H18N4O4/c1-27-20-10-6-5-9-19(20)22(30)21-24(27)26-23(17-11-13-18(14-12-17)29(32)33)28(25(21)31)15-16-7-3-2-4-8-16/h2-14H,15H2,1H3. The number of aryl methyl sites for hydroxylation is 1. The monoisotopic (exact) mass is 438 g/mol. The number of nitrogens with zero attached hydrogens (tertiary/aromatic N) is 4. The van der Waals surface area contributed by atoms with Gasteiger partial charge in [0.1, 0.15) is 11.2 Å². The zero-order chi connectivity index (χ0) is 23.1. The summed E-state index contributed by atoms with van der Waals surface area (Å²) in [6.45, 7) is 0.199. The van der Waals surface area contributed by atoms with Crippen LogP contribution in [0, 0.1) is 10.1 Å². The highest BCUT2D eigenvalue weighted by atomic mass is 16.6. The smallest absolute Gasteiger partial charge is 0.269 e. The summed E-state index contributed by atoms with van der Waals surface area (Å²) in [6, 6.07) is 22.3. The summed E-state index contributed by atoms with van der Waals surface area (Å²) < 4.78 is 3.18. The predicted octanol–water partition coefficient (Wildman–Crippen LogP) is 3.87. The molecule has 3 aromatic carbocycles. The van der Waals surface area contributed by atoms with Crippen LogP contribution in [0.1, 0.15) is 5.56 Å². The van der Waals surface area contributed by atoms with Crippen molar-refractivity contribution in [1.29, 1.82) is 0 Å². The van der Waals surface area contributed by atoms with Crippen molar-refractivity contribution in [3.63, 3.8) is 0 Å². The van der Waals surface area contributed by atoms with Gasteiger partial charge in [-0.25, -0.2) is 4.98 Å². The first-order chi connectivity index (χ1) is 16.0. The molecule has 0 saturated heterocycles. The summed E-state index contributed by atoms with van der Waals surface area (Å²) >= 11 is 0. The molecule has 0 fully saturated rings. The molecule has 5 rings (SSSR count). The fourth-order valence-corrected chi connectivity index (χ4v) is 4.06. The molecule has 0 aliphatic heterocycles. The molecule has 0 spiro atoms. The predicted molar refractivity (Wildman–Crippen MR) is 126 cm³/mol. The highest BCUT2D eigenvalue weighted by Crippen LogP contribution is 2.23. The van der Waals surface area contributed by atoms with E-state index < -0.39 is 10.5 Å². The fourth-order valence-electron chi connectivity index (χ4n) is 4.06. The van der Waals surface area contributed by atoms with E-state index in [2.05, 4.69) is 0 Å². The quantitative estimate of drug-likeness (QED) is 0.241. The topological polar surface area (TPSA) is 100 Å². The maximum absolute atomic E-state index is 13.7. The number of hydrogen-bond acceptors (Lipinski definition) is 5. The third-order valence-electron chi connectivity index (χ3n) is 5.72. The van der Waals surface area contributed by atoms with E-state index in [9.17, 15) is 19.7 Å². The van der Waals surface area contributed by atoms with Crippen molar-refractivity contribution in [3.05, 3.63) is 115 Å². The second-order valence-electron chi connectivity index (χ2n) is 7.72. The van der Waals surface area contributed by atoms with Crippen molar-refractivity contribution >= 4 is 27.6 Å². The molecule has 5 aromatic rings. The van der Waals surface area contributed by atoms with E-state index in [1.807, 2.05) is 36.4 Å². The highest BCUT2D eigenvalue weighted by molar-refractivity contribution is 5.91. The number of nitro benzene ring substituents is 1. The lowest BCUT2D eigenvalue weighted by Gasteiger charge is -2.16. The van der Waals surface area contributed by atoms with Gasteiger partial charge < -0.3 is 4.57 Å². The molecule has 0 aliphatic rings. The summed E-state index contributed by atoms with van der Waals surface area (Å²) in [4.78, 5) is 42.4. The Kier molecular flexibility index (Phi) is 4.82. The number of fused-ring (bicyclic) bond motifs is 2. The third kappa shape index (κ3) is 3.38. The van der Waals surface area contributed by atoms with Crippen LogP contribution in [0.15, 0.2) is 88.5 Å². The van der Waals surface area contributed by atoms with E-state index >= 15 is 0 Å². The minimum absolute atomic E-state index is 0.0118. The Morgan fingerprint density at radius 3 is 2.27 bits per heavy atom. The Bertz CT molecular complexity index is 1650. The SMILES string of the molecule is Cn1c2ccccc2c(=O)c2c(=O)n(Cc3ccccc3)c(-c3ccc([N+](=O)[O-])cc3)nc21. The fraction of sp³-hybridized carbons (Fsp3) is 0.0800. The van der Waals surface area contributed by atoms with Gasteiger partial charge in [0.2, 0.25) is 5.43 Å². The maximum atomic E-state index is 13.7. The molecule has 0 atom stereocenters. The van der Waals surface area contributed by atoms with E-state index in [4.69, 9.17) is 4.98 Å². The number of para-hydroxylation sites is 1. The van der Waals surface area contributed by atoms with E-state index in [0.717, 1.165) is 5.56 Å².